The van der Waals surface area contributed by atoms with E-state index < -0.39 is 18.0 Å². The lowest BCUT2D eigenvalue weighted by atomic mass is 9.73. The number of rotatable bonds is 11. The van der Waals surface area contributed by atoms with Gasteiger partial charge in [0.05, 0.1) is 0 Å². The molecule has 8 heteroatoms. The smallest absolute Gasteiger partial charge is 0.407 e. The van der Waals surface area contributed by atoms with Crippen LogP contribution in [0, 0.1) is 5.92 Å². The predicted octanol–water partition coefficient (Wildman–Crippen LogP) is 4.88. The molecule has 3 N–H and O–H groups in total. The third kappa shape index (κ3) is 8.80. The molecular weight excluding hydrogens is 516 g/mol. The van der Waals surface area contributed by atoms with Gasteiger partial charge in [-0.25, -0.2) is 4.79 Å². The van der Waals surface area contributed by atoms with E-state index in [9.17, 15) is 14.4 Å². The van der Waals surface area contributed by atoms with Crippen molar-refractivity contribution in [1.82, 2.24) is 20.9 Å². The maximum Gasteiger partial charge on any atom is 0.407 e. The molecule has 1 aliphatic carbocycles. The molecule has 1 heterocycles. The van der Waals surface area contributed by atoms with Gasteiger partial charge in [0.15, 0.2) is 0 Å². The van der Waals surface area contributed by atoms with Crippen molar-refractivity contribution < 1.29 is 19.1 Å². The zero-order chi connectivity index (χ0) is 29.1. The van der Waals surface area contributed by atoms with Gasteiger partial charge < -0.3 is 20.7 Å². The molecule has 1 aliphatic heterocycles. The molecule has 1 atom stereocenters. The maximum atomic E-state index is 13.4. The van der Waals surface area contributed by atoms with Crippen LogP contribution in [0.5, 0.6) is 0 Å². The summed E-state index contributed by atoms with van der Waals surface area (Å²) in [6.07, 6.45) is 7.42. The van der Waals surface area contributed by atoms with Crippen molar-refractivity contribution in [2.45, 2.75) is 89.4 Å². The molecule has 1 saturated heterocycles. The van der Waals surface area contributed by atoms with Crippen molar-refractivity contribution in [3.63, 3.8) is 0 Å². The molecule has 0 radical (unpaired) electrons. The lowest BCUT2D eigenvalue weighted by Crippen LogP contribution is -2.55. The number of hydrogen-bond acceptors (Lipinski definition) is 5. The minimum Gasteiger partial charge on any atom is -0.445 e. The molecule has 3 amide bonds. The summed E-state index contributed by atoms with van der Waals surface area (Å²) in [5, 5.41) is 8.55. The summed E-state index contributed by atoms with van der Waals surface area (Å²) in [6, 6.07) is 19.6. The van der Waals surface area contributed by atoms with Crippen LogP contribution in [-0.2, 0) is 26.5 Å². The molecule has 1 saturated carbocycles. The minimum atomic E-state index is -0.674. The lowest BCUT2D eigenvalue weighted by Gasteiger charge is -2.50. The Morgan fingerprint density at radius 3 is 2.20 bits per heavy atom. The van der Waals surface area contributed by atoms with E-state index in [0.29, 0.717) is 6.42 Å². The molecule has 8 nitrogen and oxygen atoms in total. The number of ether oxygens (including phenoxy) is 1. The molecule has 4 rings (SSSR count). The molecular formula is C33H46N4O4. The number of nitrogens with one attached hydrogen (secondary N) is 3. The van der Waals surface area contributed by atoms with E-state index >= 15 is 0 Å². The molecule has 0 aromatic heterocycles. The highest BCUT2D eigenvalue weighted by atomic mass is 16.5. The second-order valence-electron chi connectivity index (χ2n) is 11.9. The normalized spacial score (nSPS) is 22.0. The Kier molecular flexibility index (Phi) is 11.2. The van der Waals surface area contributed by atoms with Crippen LogP contribution in [0.2, 0.25) is 0 Å². The first-order valence-corrected chi connectivity index (χ1v) is 15.2. The summed E-state index contributed by atoms with van der Waals surface area (Å²) < 4.78 is 5.18. The first kappa shape index (κ1) is 30.6. The van der Waals surface area contributed by atoms with Gasteiger partial charge in [-0.15, -0.1) is 0 Å². The van der Waals surface area contributed by atoms with E-state index in [1.165, 1.54) is 24.8 Å². The highest BCUT2D eigenvalue weighted by molar-refractivity contribution is 5.89. The van der Waals surface area contributed by atoms with Crippen LogP contribution in [0.1, 0.15) is 76.3 Å². The van der Waals surface area contributed by atoms with Crippen LogP contribution < -0.4 is 16.0 Å². The summed E-state index contributed by atoms with van der Waals surface area (Å²) in [5.41, 5.74) is 2.27. The number of carbonyl (C=O) groups excluding carboxylic acids is 3. The van der Waals surface area contributed by atoms with Crippen LogP contribution >= 0.6 is 0 Å². The SMILES string of the molecule is CC(C)CC(NC(=O)CNC(=O)OCc1ccccc1)C(=O)NC1CCC(c2ccccc2)(N2CCCCC2)CC1. The Balaban J connectivity index is 1.28. The molecule has 2 aromatic carbocycles. The molecule has 2 aliphatic rings. The highest BCUT2D eigenvalue weighted by Crippen LogP contribution is 2.43. The number of likely N-dealkylation sites (tertiary alicyclic amines) is 1. The number of alkyl carbamates (subject to hydrolysis) is 1. The zero-order valence-corrected chi connectivity index (χ0v) is 24.6. The summed E-state index contributed by atoms with van der Waals surface area (Å²) in [7, 11) is 0. The first-order valence-electron chi connectivity index (χ1n) is 15.2. The molecule has 2 fully saturated rings. The average molecular weight is 563 g/mol. The molecule has 0 spiro atoms. The summed E-state index contributed by atoms with van der Waals surface area (Å²) >= 11 is 0. The van der Waals surface area contributed by atoms with Crippen LogP contribution in [0.25, 0.3) is 0 Å². The molecule has 222 valence electrons. The fourth-order valence-electron chi connectivity index (χ4n) is 6.27. The largest absolute Gasteiger partial charge is 0.445 e. The first-order chi connectivity index (χ1) is 19.9. The Bertz CT molecular complexity index is 1110. The molecule has 41 heavy (non-hydrogen) atoms. The monoisotopic (exact) mass is 562 g/mol. The lowest BCUT2D eigenvalue weighted by molar-refractivity contribution is -0.129. The number of nitrogens with zero attached hydrogens (tertiary/aromatic N) is 1. The Morgan fingerprint density at radius 2 is 1.56 bits per heavy atom. The standard InChI is InChI=1S/C33H46N4O4/c1-25(2)22-29(36-30(38)23-34-32(40)41-24-26-12-6-3-7-13-26)31(39)35-28-16-18-33(19-17-28,27-14-8-4-9-15-27)37-20-10-5-11-21-37/h3-4,6-9,12-15,25,28-29H,5,10-11,16-24H2,1-2H3,(H,34,40)(H,35,39)(H,36,38). The molecule has 1 unspecified atom stereocenters. The van der Waals surface area contributed by atoms with Gasteiger partial charge in [0.1, 0.15) is 19.2 Å². The van der Waals surface area contributed by atoms with Crippen molar-refractivity contribution in [2.24, 2.45) is 5.92 Å². The maximum absolute atomic E-state index is 13.4. The third-order valence-corrected chi connectivity index (χ3v) is 8.40. The van der Waals surface area contributed by atoms with Crippen LogP contribution in [0.15, 0.2) is 60.7 Å². The van der Waals surface area contributed by atoms with Crippen LogP contribution in [0.3, 0.4) is 0 Å². The van der Waals surface area contributed by atoms with E-state index in [2.05, 4.69) is 51.2 Å². The van der Waals surface area contributed by atoms with Crippen molar-refractivity contribution >= 4 is 17.9 Å². The highest BCUT2D eigenvalue weighted by Gasteiger charge is 2.42. The number of benzene rings is 2. The van der Waals surface area contributed by atoms with E-state index in [1.807, 2.05) is 44.2 Å². The number of amides is 3. The van der Waals surface area contributed by atoms with Gasteiger partial charge in [-0.05, 0) is 75.1 Å². The zero-order valence-electron chi connectivity index (χ0n) is 24.6. The Labute approximate surface area is 244 Å². The predicted molar refractivity (Wildman–Crippen MR) is 160 cm³/mol. The topological polar surface area (TPSA) is 99.8 Å². The number of carbonyl (C=O) groups is 3. The quantitative estimate of drug-likeness (QED) is 0.362. The van der Waals surface area contributed by atoms with Gasteiger partial charge in [-0.3, -0.25) is 14.5 Å². The van der Waals surface area contributed by atoms with E-state index in [4.69, 9.17) is 4.74 Å². The van der Waals surface area contributed by atoms with Gasteiger partial charge in [0.2, 0.25) is 11.8 Å². The third-order valence-electron chi connectivity index (χ3n) is 8.40. The van der Waals surface area contributed by atoms with Gasteiger partial charge in [0.25, 0.3) is 0 Å². The van der Waals surface area contributed by atoms with Crippen molar-refractivity contribution in [3.05, 3.63) is 71.8 Å². The Hall–Kier alpha value is -3.39. The second-order valence-corrected chi connectivity index (χ2v) is 11.9. The fraction of sp³-hybridized carbons (Fsp3) is 0.545. The fourth-order valence-corrected chi connectivity index (χ4v) is 6.27. The van der Waals surface area contributed by atoms with E-state index in [0.717, 1.165) is 44.3 Å². The number of hydrogen-bond donors (Lipinski definition) is 3. The van der Waals surface area contributed by atoms with Gasteiger partial charge in [-0.2, -0.15) is 0 Å². The Morgan fingerprint density at radius 1 is 0.927 bits per heavy atom. The van der Waals surface area contributed by atoms with Crippen LogP contribution in [0.4, 0.5) is 4.79 Å². The summed E-state index contributed by atoms with van der Waals surface area (Å²) in [4.78, 5) is 40.8. The van der Waals surface area contributed by atoms with Crippen molar-refractivity contribution in [2.75, 3.05) is 19.6 Å². The van der Waals surface area contributed by atoms with Crippen LogP contribution in [-0.4, -0.2) is 54.5 Å². The van der Waals surface area contributed by atoms with Gasteiger partial charge in [0, 0.05) is 11.6 Å². The number of piperidine rings is 1. The van der Waals surface area contributed by atoms with Gasteiger partial charge in [-0.1, -0.05) is 80.9 Å². The average Bonchev–Trinajstić information content (AvgIpc) is 3.00. The van der Waals surface area contributed by atoms with E-state index in [-0.39, 0.29) is 36.6 Å². The minimum absolute atomic E-state index is 0.0231. The molecule has 2 aromatic rings. The molecule has 0 bridgehead atoms. The second kappa shape index (κ2) is 15.0. The van der Waals surface area contributed by atoms with Crippen molar-refractivity contribution in [1.29, 1.82) is 0 Å². The van der Waals surface area contributed by atoms with Gasteiger partial charge >= 0.3 is 6.09 Å². The van der Waals surface area contributed by atoms with E-state index in [1.54, 1.807) is 0 Å². The summed E-state index contributed by atoms with van der Waals surface area (Å²) in [5.74, 6) is -0.362. The summed E-state index contributed by atoms with van der Waals surface area (Å²) in [6.45, 7) is 6.17. The van der Waals surface area contributed by atoms with Crippen molar-refractivity contribution in [3.8, 4) is 0 Å².